The molecule has 4 nitrogen and oxygen atoms in total. The Labute approximate surface area is 158 Å². The van der Waals surface area contributed by atoms with Crippen molar-refractivity contribution in [2.24, 2.45) is 11.8 Å². The number of rotatable bonds is 5. The Hall–Kier alpha value is -1.62. The summed E-state index contributed by atoms with van der Waals surface area (Å²) in [6.45, 7) is 0.405. The van der Waals surface area contributed by atoms with E-state index in [1.807, 2.05) is 0 Å². The van der Waals surface area contributed by atoms with Gasteiger partial charge in [-0.05, 0) is 50.2 Å². The molecule has 2 aliphatic carbocycles. The molecular formula is C20H25ClFNO3. The van der Waals surface area contributed by atoms with E-state index < -0.39 is 11.4 Å². The molecule has 0 radical (unpaired) electrons. The highest BCUT2D eigenvalue weighted by Gasteiger charge is 2.39. The van der Waals surface area contributed by atoms with Gasteiger partial charge in [-0.3, -0.25) is 9.59 Å². The Balaban J connectivity index is 1.65. The van der Waals surface area contributed by atoms with Crippen LogP contribution in [0, 0.1) is 17.7 Å². The first-order chi connectivity index (χ1) is 12.4. The lowest BCUT2D eigenvalue weighted by Crippen LogP contribution is -2.43. The summed E-state index contributed by atoms with van der Waals surface area (Å²) in [5.41, 5.74) is 0.195. The van der Waals surface area contributed by atoms with Crippen LogP contribution in [0.2, 0.25) is 5.02 Å². The standard InChI is InChI=1S/C20H25ClFNO3/c21-16-5-3-4-15(17(16)22)20(10-1-2-11-20)12-23-18(24)13-6-8-14(9-7-13)19(25)26/h3-5,13-14H,1-2,6-12H2,(H,23,24)(H,25,26). The Bertz CT molecular complexity index is 680. The topological polar surface area (TPSA) is 66.4 Å². The van der Waals surface area contributed by atoms with Crippen LogP contribution in [0.25, 0.3) is 0 Å². The molecule has 1 aromatic carbocycles. The second-order valence-electron chi connectivity index (χ2n) is 7.69. The molecule has 0 atom stereocenters. The van der Waals surface area contributed by atoms with E-state index in [0.29, 0.717) is 37.8 Å². The number of hydrogen-bond donors (Lipinski definition) is 2. The van der Waals surface area contributed by atoms with Crippen molar-refractivity contribution >= 4 is 23.5 Å². The van der Waals surface area contributed by atoms with Crippen LogP contribution in [0.4, 0.5) is 4.39 Å². The molecule has 0 unspecified atom stereocenters. The van der Waals surface area contributed by atoms with E-state index in [1.165, 1.54) is 0 Å². The second-order valence-corrected chi connectivity index (χ2v) is 8.10. The first-order valence-corrected chi connectivity index (χ1v) is 9.76. The molecule has 0 bridgehead atoms. The van der Waals surface area contributed by atoms with Gasteiger partial charge < -0.3 is 10.4 Å². The highest BCUT2D eigenvalue weighted by molar-refractivity contribution is 6.30. The van der Waals surface area contributed by atoms with Crippen LogP contribution in [0.3, 0.4) is 0 Å². The molecule has 0 spiro atoms. The molecule has 1 aromatic rings. The molecule has 1 amide bonds. The average Bonchev–Trinajstić information content (AvgIpc) is 3.12. The van der Waals surface area contributed by atoms with Crippen molar-refractivity contribution in [1.29, 1.82) is 0 Å². The van der Waals surface area contributed by atoms with Crippen molar-refractivity contribution in [2.75, 3.05) is 6.54 Å². The molecule has 0 aliphatic heterocycles. The molecule has 2 fully saturated rings. The minimum atomic E-state index is -0.773. The van der Waals surface area contributed by atoms with Crippen LogP contribution in [0.15, 0.2) is 18.2 Å². The second kappa shape index (κ2) is 7.95. The fourth-order valence-electron chi connectivity index (χ4n) is 4.51. The monoisotopic (exact) mass is 381 g/mol. The van der Waals surface area contributed by atoms with Gasteiger partial charge in [-0.15, -0.1) is 0 Å². The third-order valence-electron chi connectivity index (χ3n) is 6.13. The van der Waals surface area contributed by atoms with Gasteiger partial charge in [-0.25, -0.2) is 4.39 Å². The number of carbonyl (C=O) groups is 2. The molecule has 3 rings (SSSR count). The van der Waals surface area contributed by atoms with Crippen molar-refractivity contribution in [3.8, 4) is 0 Å². The molecule has 142 valence electrons. The smallest absolute Gasteiger partial charge is 0.306 e. The highest BCUT2D eigenvalue weighted by atomic mass is 35.5. The van der Waals surface area contributed by atoms with Crippen LogP contribution in [-0.2, 0) is 15.0 Å². The fourth-order valence-corrected chi connectivity index (χ4v) is 4.68. The minimum Gasteiger partial charge on any atom is -0.481 e. The molecular weight excluding hydrogens is 357 g/mol. The number of hydrogen-bond acceptors (Lipinski definition) is 2. The van der Waals surface area contributed by atoms with Gasteiger partial charge in [0.25, 0.3) is 0 Å². The van der Waals surface area contributed by atoms with Crippen LogP contribution in [-0.4, -0.2) is 23.5 Å². The maximum absolute atomic E-state index is 14.6. The van der Waals surface area contributed by atoms with Gasteiger partial charge in [0.15, 0.2) is 0 Å². The summed E-state index contributed by atoms with van der Waals surface area (Å²) in [6, 6.07) is 5.08. The maximum Gasteiger partial charge on any atom is 0.306 e. The molecule has 6 heteroatoms. The number of carboxylic acids is 1. The summed E-state index contributed by atoms with van der Waals surface area (Å²) in [5, 5.41) is 12.2. The zero-order valence-electron chi connectivity index (χ0n) is 14.8. The van der Waals surface area contributed by atoms with Gasteiger partial charge >= 0.3 is 5.97 Å². The van der Waals surface area contributed by atoms with E-state index in [2.05, 4.69) is 5.32 Å². The normalized spacial score (nSPS) is 25.0. The van der Waals surface area contributed by atoms with Crippen molar-refractivity contribution in [2.45, 2.75) is 56.8 Å². The average molecular weight is 382 g/mol. The Kier molecular flexibility index (Phi) is 5.86. The quantitative estimate of drug-likeness (QED) is 0.799. The summed E-state index contributed by atoms with van der Waals surface area (Å²) >= 11 is 5.97. The zero-order chi connectivity index (χ0) is 18.7. The minimum absolute atomic E-state index is 0.0393. The molecule has 2 aliphatic rings. The van der Waals surface area contributed by atoms with Crippen LogP contribution in [0.5, 0.6) is 0 Å². The lowest BCUT2D eigenvalue weighted by Gasteiger charge is -2.32. The van der Waals surface area contributed by atoms with Gasteiger partial charge in [-0.1, -0.05) is 36.6 Å². The van der Waals surface area contributed by atoms with E-state index in [1.54, 1.807) is 18.2 Å². The lowest BCUT2D eigenvalue weighted by molar-refractivity contribution is -0.144. The van der Waals surface area contributed by atoms with E-state index >= 15 is 0 Å². The van der Waals surface area contributed by atoms with E-state index in [4.69, 9.17) is 16.7 Å². The number of aliphatic carboxylic acids is 1. The van der Waals surface area contributed by atoms with Gasteiger partial charge in [0.1, 0.15) is 5.82 Å². The van der Waals surface area contributed by atoms with Crippen molar-refractivity contribution in [3.63, 3.8) is 0 Å². The highest BCUT2D eigenvalue weighted by Crippen LogP contribution is 2.43. The molecule has 26 heavy (non-hydrogen) atoms. The summed E-state index contributed by atoms with van der Waals surface area (Å²) in [6.07, 6.45) is 5.95. The largest absolute Gasteiger partial charge is 0.481 e. The van der Waals surface area contributed by atoms with Gasteiger partial charge in [0, 0.05) is 17.9 Å². The Morgan fingerprint density at radius 3 is 2.38 bits per heavy atom. The number of benzene rings is 1. The van der Waals surface area contributed by atoms with Crippen LogP contribution in [0.1, 0.15) is 56.9 Å². The number of carbonyl (C=O) groups excluding carboxylic acids is 1. The van der Waals surface area contributed by atoms with Crippen molar-refractivity contribution < 1.29 is 19.1 Å². The molecule has 2 saturated carbocycles. The number of nitrogens with one attached hydrogen (secondary N) is 1. The molecule has 0 heterocycles. The zero-order valence-corrected chi connectivity index (χ0v) is 15.5. The van der Waals surface area contributed by atoms with Gasteiger partial charge in [-0.2, -0.15) is 0 Å². The SMILES string of the molecule is O=C(O)C1CCC(C(=O)NCC2(c3cccc(Cl)c3F)CCCC2)CC1. The predicted octanol–water partition coefficient (Wildman–Crippen LogP) is 4.30. The molecule has 0 saturated heterocycles. The van der Waals surface area contributed by atoms with Crippen molar-refractivity contribution in [1.82, 2.24) is 5.32 Å². The lowest BCUT2D eigenvalue weighted by atomic mass is 9.77. The van der Waals surface area contributed by atoms with E-state index in [0.717, 1.165) is 25.7 Å². The maximum atomic E-state index is 14.6. The van der Waals surface area contributed by atoms with Crippen molar-refractivity contribution in [3.05, 3.63) is 34.6 Å². The van der Waals surface area contributed by atoms with Crippen LogP contribution >= 0.6 is 11.6 Å². The fraction of sp³-hybridized carbons (Fsp3) is 0.600. The number of carboxylic acid groups (broad SMARTS) is 1. The number of amides is 1. The van der Waals surface area contributed by atoms with Gasteiger partial charge in [0.05, 0.1) is 10.9 Å². The van der Waals surface area contributed by atoms with Gasteiger partial charge in [0.2, 0.25) is 5.91 Å². The Morgan fingerprint density at radius 2 is 1.77 bits per heavy atom. The third kappa shape index (κ3) is 3.88. The third-order valence-corrected chi connectivity index (χ3v) is 6.42. The first-order valence-electron chi connectivity index (χ1n) is 9.38. The summed E-state index contributed by atoms with van der Waals surface area (Å²) in [4.78, 5) is 23.6. The molecule has 2 N–H and O–H groups in total. The Morgan fingerprint density at radius 1 is 1.15 bits per heavy atom. The molecule has 0 aromatic heterocycles. The number of halogens is 2. The van der Waals surface area contributed by atoms with E-state index in [9.17, 15) is 14.0 Å². The summed E-state index contributed by atoms with van der Waals surface area (Å²) < 4.78 is 14.6. The predicted molar refractivity (Wildman–Crippen MR) is 97.6 cm³/mol. The van der Waals surface area contributed by atoms with E-state index in [-0.39, 0.29) is 28.6 Å². The summed E-state index contributed by atoms with van der Waals surface area (Å²) in [5.74, 6) is -1.67. The first kappa shape index (κ1) is 19.2. The van der Waals surface area contributed by atoms with Crippen LogP contribution < -0.4 is 5.32 Å². The summed E-state index contributed by atoms with van der Waals surface area (Å²) in [7, 11) is 0.